The van der Waals surface area contributed by atoms with Crippen molar-refractivity contribution >= 4 is 32.6 Å². The van der Waals surface area contributed by atoms with Crippen LogP contribution in [0.4, 0.5) is 0 Å². The van der Waals surface area contributed by atoms with Crippen LogP contribution >= 0.6 is 0 Å². The highest BCUT2D eigenvalue weighted by atomic mass is 14.7. The second kappa shape index (κ2) is 3.08. The third-order valence-electron chi connectivity index (χ3n) is 3.28. The van der Waals surface area contributed by atoms with Crippen LogP contribution in [-0.4, -0.2) is 9.97 Å². The van der Waals surface area contributed by atoms with E-state index in [2.05, 4.69) is 46.4 Å². The Labute approximate surface area is 97.9 Å². The van der Waals surface area contributed by atoms with Crippen molar-refractivity contribution < 1.29 is 0 Å². The Balaban J connectivity index is 2.41. The largest absolute Gasteiger partial charge is 0.361 e. The van der Waals surface area contributed by atoms with Crippen LogP contribution in [0.25, 0.3) is 32.6 Å². The van der Waals surface area contributed by atoms with E-state index in [0.29, 0.717) is 0 Å². The first-order valence-electron chi connectivity index (χ1n) is 5.67. The number of nitrogens with one attached hydrogen (secondary N) is 1. The van der Waals surface area contributed by atoms with E-state index in [-0.39, 0.29) is 0 Å². The van der Waals surface area contributed by atoms with E-state index >= 15 is 0 Å². The van der Waals surface area contributed by atoms with E-state index in [0.717, 1.165) is 5.52 Å². The summed E-state index contributed by atoms with van der Waals surface area (Å²) in [5.41, 5.74) is 2.22. The van der Waals surface area contributed by atoms with Gasteiger partial charge < -0.3 is 4.98 Å². The first kappa shape index (κ1) is 8.76. The fraction of sp³-hybridized carbons (Fsp3) is 0. The van der Waals surface area contributed by atoms with E-state index < -0.39 is 0 Å². The molecule has 2 heterocycles. The molecule has 80 valence electrons. The van der Waals surface area contributed by atoms with Crippen LogP contribution in [0.15, 0.2) is 54.9 Å². The second-order valence-corrected chi connectivity index (χ2v) is 4.24. The topological polar surface area (TPSA) is 28.7 Å². The molecule has 0 saturated heterocycles. The summed E-state index contributed by atoms with van der Waals surface area (Å²) < 4.78 is 0. The molecule has 0 amide bonds. The van der Waals surface area contributed by atoms with Gasteiger partial charge in [0.05, 0.1) is 5.52 Å². The maximum absolute atomic E-state index is 4.49. The van der Waals surface area contributed by atoms with Crippen LogP contribution in [-0.2, 0) is 0 Å². The predicted molar refractivity (Wildman–Crippen MR) is 71.1 cm³/mol. The van der Waals surface area contributed by atoms with Gasteiger partial charge in [0, 0.05) is 39.5 Å². The summed E-state index contributed by atoms with van der Waals surface area (Å²) >= 11 is 0. The van der Waals surface area contributed by atoms with Gasteiger partial charge in [0.2, 0.25) is 0 Å². The molecule has 1 N–H and O–H groups in total. The third-order valence-corrected chi connectivity index (χ3v) is 3.28. The zero-order chi connectivity index (χ0) is 11.2. The summed E-state index contributed by atoms with van der Waals surface area (Å²) in [5, 5.41) is 4.96. The Morgan fingerprint density at radius 3 is 2.82 bits per heavy atom. The van der Waals surface area contributed by atoms with Gasteiger partial charge in [-0.15, -0.1) is 0 Å². The number of hydrogen-bond acceptors (Lipinski definition) is 1. The lowest BCUT2D eigenvalue weighted by atomic mass is 10.0. The van der Waals surface area contributed by atoms with Crippen molar-refractivity contribution in [3.63, 3.8) is 0 Å². The van der Waals surface area contributed by atoms with Gasteiger partial charge in [-0.25, -0.2) is 0 Å². The minimum atomic E-state index is 1.05. The molecular weight excluding hydrogens is 208 g/mol. The lowest BCUT2D eigenvalue weighted by molar-refractivity contribution is 1.44. The summed E-state index contributed by atoms with van der Waals surface area (Å²) in [6.07, 6.45) is 3.93. The highest BCUT2D eigenvalue weighted by molar-refractivity contribution is 6.18. The molecule has 0 fully saturated rings. The SMILES string of the molecule is c1ccc2c(c1)ncc1ccc3[nH]ccc3c12. The number of H-pyrrole nitrogens is 1. The molecule has 0 radical (unpaired) electrons. The molecule has 0 bridgehead atoms. The number of para-hydroxylation sites is 1. The number of aromatic nitrogens is 2. The van der Waals surface area contributed by atoms with Crippen LogP contribution in [0, 0.1) is 0 Å². The third kappa shape index (κ3) is 1.12. The molecular formula is C15H10N2. The van der Waals surface area contributed by atoms with Crippen molar-refractivity contribution in [3.8, 4) is 0 Å². The van der Waals surface area contributed by atoms with Crippen LogP contribution in [0.3, 0.4) is 0 Å². The lowest BCUT2D eigenvalue weighted by Crippen LogP contribution is -1.82. The monoisotopic (exact) mass is 218 g/mol. The molecule has 4 rings (SSSR count). The van der Waals surface area contributed by atoms with Crippen LogP contribution < -0.4 is 0 Å². The van der Waals surface area contributed by atoms with Crippen LogP contribution in [0.1, 0.15) is 0 Å². The maximum atomic E-state index is 4.49. The van der Waals surface area contributed by atoms with E-state index in [4.69, 9.17) is 0 Å². The Kier molecular flexibility index (Phi) is 1.59. The highest BCUT2D eigenvalue weighted by Gasteiger charge is 2.05. The number of benzene rings is 2. The fourth-order valence-corrected chi connectivity index (χ4v) is 2.50. The van der Waals surface area contributed by atoms with Crippen molar-refractivity contribution in [1.29, 1.82) is 0 Å². The highest BCUT2D eigenvalue weighted by Crippen LogP contribution is 2.30. The number of nitrogens with zero attached hydrogens (tertiary/aromatic N) is 1. The van der Waals surface area contributed by atoms with Crippen molar-refractivity contribution in [3.05, 3.63) is 54.9 Å². The van der Waals surface area contributed by atoms with Gasteiger partial charge >= 0.3 is 0 Å². The van der Waals surface area contributed by atoms with Gasteiger partial charge in [-0.1, -0.05) is 24.3 Å². The molecule has 2 nitrogen and oxygen atoms in total. The molecule has 17 heavy (non-hydrogen) atoms. The lowest BCUT2D eigenvalue weighted by Gasteiger charge is -2.04. The smallest absolute Gasteiger partial charge is 0.0708 e. The van der Waals surface area contributed by atoms with E-state index in [1.165, 1.54) is 27.1 Å². The van der Waals surface area contributed by atoms with Crippen molar-refractivity contribution in [1.82, 2.24) is 9.97 Å². The normalized spacial score (nSPS) is 11.5. The number of aromatic amines is 1. The van der Waals surface area contributed by atoms with E-state index in [1.807, 2.05) is 18.5 Å². The molecule has 0 aliphatic rings. The Hall–Kier alpha value is -2.35. The zero-order valence-electron chi connectivity index (χ0n) is 9.14. The maximum Gasteiger partial charge on any atom is 0.0708 e. The van der Waals surface area contributed by atoms with Crippen LogP contribution in [0.5, 0.6) is 0 Å². The number of pyridine rings is 1. The van der Waals surface area contributed by atoms with Gasteiger partial charge in [0.25, 0.3) is 0 Å². The van der Waals surface area contributed by atoms with Crippen molar-refractivity contribution in [2.24, 2.45) is 0 Å². The van der Waals surface area contributed by atoms with E-state index in [1.54, 1.807) is 0 Å². The molecule has 2 aromatic carbocycles. The Morgan fingerprint density at radius 2 is 1.82 bits per heavy atom. The quantitative estimate of drug-likeness (QED) is 0.446. The van der Waals surface area contributed by atoms with E-state index in [9.17, 15) is 0 Å². The zero-order valence-corrected chi connectivity index (χ0v) is 9.14. The summed E-state index contributed by atoms with van der Waals surface area (Å²) in [4.78, 5) is 7.75. The van der Waals surface area contributed by atoms with Gasteiger partial charge in [-0.2, -0.15) is 0 Å². The first-order valence-corrected chi connectivity index (χ1v) is 5.67. The average Bonchev–Trinajstić information content (AvgIpc) is 2.86. The van der Waals surface area contributed by atoms with Gasteiger partial charge in [-0.05, 0) is 18.2 Å². The molecule has 2 aromatic heterocycles. The molecule has 0 spiro atoms. The first-order chi connectivity index (χ1) is 8.43. The Morgan fingerprint density at radius 1 is 0.882 bits per heavy atom. The number of rotatable bonds is 0. The molecule has 2 heteroatoms. The molecule has 0 aliphatic heterocycles. The fourth-order valence-electron chi connectivity index (χ4n) is 2.50. The average molecular weight is 218 g/mol. The predicted octanol–water partition coefficient (Wildman–Crippen LogP) is 3.87. The molecule has 0 aliphatic carbocycles. The van der Waals surface area contributed by atoms with Crippen molar-refractivity contribution in [2.45, 2.75) is 0 Å². The molecule has 0 unspecified atom stereocenters. The van der Waals surface area contributed by atoms with Gasteiger partial charge in [0.1, 0.15) is 0 Å². The minimum absolute atomic E-state index is 1.05. The van der Waals surface area contributed by atoms with Gasteiger partial charge in [0.15, 0.2) is 0 Å². The summed E-state index contributed by atoms with van der Waals surface area (Å²) in [5.74, 6) is 0. The summed E-state index contributed by atoms with van der Waals surface area (Å²) in [6.45, 7) is 0. The van der Waals surface area contributed by atoms with Gasteiger partial charge in [-0.3, -0.25) is 4.98 Å². The standard InChI is InChI=1S/C15H10N2/c1-2-4-13-11(3-1)15-10(9-17-13)5-6-14-12(15)7-8-16-14/h1-9,16H. The molecule has 0 saturated carbocycles. The number of hydrogen-bond donors (Lipinski definition) is 1. The minimum Gasteiger partial charge on any atom is -0.361 e. The second-order valence-electron chi connectivity index (χ2n) is 4.24. The molecule has 0 atom stereocenters. The summed E-state index contributed by atoms with van der Waals surface area (Å²) in [7, 11) is 0. The Bertz CT molecular complexity index is 843. The summed E-state index contributed by atoms with van der Waals surface area (Å²) in [6, 6.07) is 14.6. The van der Waals surface area contributed by atoms with Crippen LogP contribution in [0.2, 0.25) is 0 Å². The number of fused-ring (bicyclic) bond motifs is 5. The van der Waals surface area contributed by atoms with Crippen molar-refractivity contribution in [2.75, 3.05) is 0 Å². The molecule has 4 aromatic rings.